The Bertz CT molecular complexity index is 3190. The second-order valence-electron chi connectivity index (χ2n) is 15.9. The Morgan fingerprint density at radius 1 is 1.00 bits per heavy atom. The number of amides is 1. The van der Waals surface area contributed by atoms with Gasteiger partial charge >= 0.3 is 29.4 Å². The van der Waals surface area contributed by atoms with Crippen molar-refractivity contribution in [2.24, 2.45) is 4.99 Å². The Kier molecular flexibility index (Phi) is 15.9. The van der Waals surface area contributed by atoms with Crippen LogP contribution in [-0.2, 0) is 36.3 Å². The molecule has 24 nitrogen and oxygen atoms in total. The fraction of sp³-hybridized carbons (Fsp3) is 0.326. The number of nitrogen functional groups attached to an aromatic ring is 1. The highest BCUT2D eigenvalue weighted by Crippen LogP contribution is 2.66. The van der Waals surface area contributed by atoms with E-state index in [2.05, 4.69) is 38.7 Å². The standard InChI is InChI=1S/C43H50N7O17P3/c1-5-45-32-18-35-30(14-23(32)3)38(31-15-24(4)33(46-6-2)19-36(31)65-35)28-10-9-25(16-29(28)43(53)54)41(52)47-11-13-62-12-7-8-26-20-50(40-37(26)39(44)48-22-49-40)42-34(51)17-27(64-42)21-63-69(58,59)67-70(60,61)66-68(55,56)57/h7-10,14-16,18-20,22,27,34,42,45,51H,5-6,11-13,17,21H2,1-4H3,(H,47,52)(H,53,54)(H,58,59)(H,60,61)(H2,44,48,49)(H2,55,56,57)/b8-7+,46-33?. The SMILES string of the molecule is CCN=c1cc2oc3cc(NCC)c(C)cc3c(-c3ccc(C(=O)NCCOC/C=C/c4cn(C5OC(COP(=O)(O)OP(=O)(O)OP(=O)(O)O)CC5O)c5ncnc(N)c45)cc3C(=O)O)c-2cc1C. The van der Waals surface area contributed by atoms with E-state index in [4.69, 9.17) is 29.4 Å². The third-order valence-electron chi connectivity index (χ3n) is 10.9. The van der Waals surface area contributed by atoms with Gasteiger partial charge in [0.2, 0.25) is 0 Å². The van der Waals surface area contributed by atoms with Gasteiger partial charge < -0.3 is 64.6 Å². The number of carboxylic acids is 1. The molecule has 5 atom stereocenters. The van der Waals surface area contributed by atoms with E-state index in [9.17, 15) is 43.3 Å². The maximum absolute atomic E-state index is 13.4. The summed E-state index contributed by atoms with van der Waals surface area (Å²) in [5, 5.41) is 29.4. The van der Waals surface area contributed by atoms with Crippen molar-refractivity contribution < 1.29 is 80.1 Å². The van der Waals surface area contributed by atoms with Gasteiger partial charge in [-0.15, -0.1) is 0 Å². The average molecular weight is 1030 g/mol. The Hall–Kier alpha value is -5.68. The number of carbonyl (C=O) groups is 2. The van der Waals surface area contributed by atoms with Gasteiger partial charge in [-0.05, 0) is 68.7 Å². The summed E-state index contributed by atoms with van der Waals surface area (Å²) in [4.78, 5) is 76.0. The largest absolute Gasteiger partial charge is 0.490 e. The molecule has 4 heterocycles. The van der Waals surface area contributed by atoms with Gasteiger partial charge in [-0.25, -0.2) is 28.5 Å². The molecule has 1 aliphatic carbocycles. The molecule has 2 aromatic carbocycles. The maximum Gasteiger partial charge on any atom is 0.490 e. The number of hydrogen-bond donors (Lipinski definition) is 9. The zero-order valence-electron chi connectivity index (χ0n) is 37.9. The minimum Gasteiger partial charge on any atom is -0.478 e. The summed E-state index contributed by atoms with van der Waals surface area (Å²) in [5.74, 6) is -1.13. The number of fused-ring (bicyclic) bond motifs is 3. The predicted molar refractivity (Wildman–Crippen MR) is 253 cm³/mol. The number of nitrogens with zero attached hydrogens (tertiary/aromatic N) is 4. The van der Waals surface area contributed by atoms with E-state index in [1.54, 1.807) is 30.5 Å². The number of nitrogens with one attached hydrogen (secondary N) is 2. The lowest BCUT2D eigenvalue weighted by molar-refractivity contribution is -0.0478. The summed E-state index contributed by atoms with van der Waals surface area (Å²) in [6.07, 6.45) is 2.39. The first-order chi connectivity index (χ1) is 33.1. The van der Waals surface area contributed by atoms with Crippen LogP contribution in [0.5, 0.6) is 0 Å². The number of carboxylic acid groups (broad SMARTS) is 1. The first kappa shape index (κ1) is 52.2. The lowest BCUT2D eigenvalue weighted by Crippen LogP contribution is -2.27. The van der Waals surface area contributed by atoms with Gasteiger partial charge in [-0.2, -0.15) is 8.62 Å². The first-order valence-electron chi connectivity index (χ1n) is 21.5. The van der Waals surface area contributed by atoms with Crippen LogP contribution in [0.15, 0.2) is 70.5 Å². The molecule has 2 aromatic heterocycles. The Morgan fingerprint density at radius 3 is 2.49 bits per heavy atom. The van der Waals surface area contributed by atoms with E-state index in [-0.39, 0.29) is 48.8 Å². The average Bonchev–Trinajstić information content (AvgIpc) is 3.84. The summed E-state index contributed by atoms with van der Waals surface area (Å²) < 4.78 is 66.4. The number of rotatable bonds is 20. The molecule has 0 spiro atoms. The van der Waals surface area contributed by atoms with E-state index < -0.39 is 60.4 Å². The third kappa shape index (κ3) is 12.1. The van der Waals surface area contributed by atoms with Crippen LogP contribution >= 0.6 is 23.5 Å². The van der Waals surface area contributed by atoms with Crippen molar-refractivity contribution in [3.63, 3.8) is 0 Å². The van der Waals surface area contributed by atoms with Gasteiger partial charge in [-0.3, -0.25) is 14.3 Å². The highest BCUT2D eigenvalue weighted by atomic mass is 31.3. The molecule has 7 rings (SSSR count). The molecule has 10 N–H and O–H groups in total. The Labute approximate surface area is 398 Å². The minimum absolute atomic E-state index is 0.0630. The van der Waals surface area contributed by atoms with Crippen LogP contribution in [0.1, 0.15) is 63.9 Å². The van der Waals surface area contributed by atoms with E-state index >= 15 is 0 Å². The van der Waals surface area contributed by atoms with Gasteiger partial charge in [0, 0.05) is 77.7 Å². The van der Waals surface area contributed by atoms with Crippen LogP contribution in [-0.4, -0.2) is 108 Å². The van der Waals surface area contributed by atoms with Crippen LogP contribution in [0.25, 0.3) is 50.5 Å². The molecule has 1 fully saturated rings. The number of ether oxygens (including phenoxy) is 2. The number of aryl methyl sites for hydroxylation is 2. The maximum atomic E-state index is 13.4. The number of aliphatic hydroxyl groups excluding tert-OH is 1. The lowest BCUT2D eigenvalue weighted by Gasteiger charge is -2.19. The second kappa shape index (κ2) is 21.4. The minimum atomic E-state index is -5.74. The number of phosphoric ester groups is 1. The molecule has 374 valence electrons. The van der Waals surface area contributed by atoms with Crippen molar-refractivity contribution in [2.45, 2.75) is 52.6 Å². The van der Waals surface area contributed by atoms with Gasteiger partial charge in [-0.1, -0.05) is 18.2 Å². The van der Waals surface area contributed by atoms with Crippen molar-refractivity contribution in [1.82, 2.24) is 19.9 Å². The van der Waals surface area contributed by atoms with E-state index in [0.717, 1.165) is 22.2 Å². The number of phosphoric acid groups is 3. The normalized spacial score (nSPS) is 18.5. The third-order valence-corrected chi connectivity index (χ3v) is 14.7. The van der Waals surface area contributed by atoms with Crippen molar-refractivity contribution in [1.29, 1.82) is 0 Å². The fourth-order valence-corrected chi connectivity index (χ4v) is 11.0. The van der Waals surface area contributed by atoms with E-state index in [1.807, 2.05) is 52.0 Å². The van der Waals surface area contributed by atoms with E-state index in [1.165, 1.54) is 17.0 Å². The van der Waals surface area contributed by atoms with Crippen LogP contribution < -0.4 is 21.7 Å². The van der Waals surface area contributed by atoms with Crippen molar-refractivity contribution in [3.8, 4) is 22.5 Å². The quantitative estimate of drug-likeness (QED) is 0.0253. The monoisotopic (exact) mass is 1030 g/mol. The van der Waals surface area contributed by atoms with Crippen LogP contribution in [0, 0.1) is 13.8 Å². The molecular formula is C43H50N7O17P3. The van der Waals surface area contributed by atoms with Crippen molar-refractivity contribution >= 4 is 74.9 Å². The van der Waals surface area contributed by atoms with Crippen LogP contribution in [0.2, 0.25) is 0 Å². The summed E-state index contributed by atoms with van der Waals surface area (Å²) >= 11 is 0. The predicted octanol–water partition coefficient (Wildman–Crippen LogP) is 5.65. The number of carbonyl (C=O) groups excluding carboxylic acids is 1. The zero-order chi connectivity index (χ0) is 50.7. The fourth-order valence-electron chi connectivity index (χ4n) is 7.97. The summed E-state index contributed by atoms with van der Waals surface area (Å²) in [5.41, 5.74) is 12.0. The number of benzene rings is 3. The van der Waals surface area contributed by atoms with E-state index in [0.29, 0.717) is 57.5 Å². The second-order valence-corrected chi connectivity index (χ2v) is 20.3. The number of hydrogen-bond acceptors (Lipinski definition) is 17. The topological polar surface area (TPSA) is 359 Å². The molecule has 3 aliphatic rings. The summed E-state index contributed by atoms with van der Waals surface area (Å²) in [6.45, 7) is 8.51. The van der Waals surface area contributed by atoms with Gasteiger partial charge in [0.15, 0.2) is 6.23 Å². The number of anilines is 2. The summed E-state index contributed by atoms with van der Waals surface area (Å²) in [7, 11) is -16.8. The number of aliphatic hydroxyl groups is 1. The first-order valence-corrected chi connectivity index (χ1v) is 26.0. The molecule has 4 aromatic rings. The molecule has 27 heteroatoms. The molecule has 70 heavy (non-hydrogen) atoms. The molecule has 0 radical (unpaired) electrons. The number of aromatic carboxylic acids is 1. The van der Waals surface area contributed by atoms with Crippen LogP contribution in [0.4, 0.5) is 11.5 Å². The smallest absolute Gasteiger partial charge is 0.478 e. The molecular weight excluding hydrogens is 979 g/mol. The highest BCUT2D eigenvalue weighted by Gasteiger charge is 2.43. The highest BCUT2D eigenvalue weighted by molar-refractivity contribution is 7.66. The van der Waals surface area contributed by atoms with Gasteiger partial charge in [0.25, 0.3) is 5.91 Å². The van der Waals surface area contributed by atoms with Crippen LogP contribution in [0.3, 0.4) is 0 Å². The van der Waals surface area contributed by atoms with Gasteiger partial charge in [0.05, 0.1) is 42.2 Å². The molecule has 1 saturated heterocycles. The van der Waals surface area contributed by atoms with Crippen molar-refractivity contribution in [3.05, 3.63) is 94.2 Å². The van der Waals surface area contributed by atoms with Gasteiger partial charge in [0.1, 0.15) is 35.2 Å². The summed E-state index contributed by atoms with van der Waals surface area (Å²) in [6, 6.07) is 12.2. The molecule has 2 aliphatic heterocycles. The lowest BCUT2D eigenvalue weighted by atomic mass is 9.88. The molecule has 5 unspecified atom stereocenters. The van der Waals surface area contributed by atoms with Crippen molar-refractivity contribution in [2.75, 3.05) is 50.5 Å². The Balaban J connectivity index is 1.00. The number of aromatic nitrogens is 3. The molecule has 1 amide bonds. The Morgan fingerprint density at radius 2 is 1.77 bits per heavy atom. The zero-order valence-corrected chi connectivity index (χ0v) is 40.6. The molecule has 0 bridgehead atoms. The number of nitrogens with two attached hydrogens (primary N) is 1. The molecule has 0 saturated carbocycles.